The maximum Gasteiger partial charge on any atom is 0.240 e. The van der Waals surface area contributed by atoms with Crippen LogP contribution in [0.2, 0.25) is 0 Å². The highest BCUT2D eigenvalue weighted by molar-refractivity contribution is 7.89. The van der Waals surface area contributed by atoms with Crippen molar-refractivity contribution in [1.29, 1.82) is 0 Å². The number of sulfonamides is 1. The zero-order valence-corrected chi connectivity index (χ0v) is 18.8. The highest BCUT2D eigenvalue weighted by Crippen LogP contribution is 2.35. The van der Waals surface area contributed by atoms with Crippen molar-refractivity contribution in [2.24, 2.45) is 0 Å². The number of hydrogen-bond acceptors (Lipinski definition) is 5. The normalized spacial score (nSPS) is 16.2. The molecular weight excluding hydrogens is 402 g/mol. The van der Waals surface area contributed by atoms with E-state index in [9.17, 15) is 8.42 Å². The van der Waals surface area contributed by atoms with Crippen molar-refractivity contribution in [3.8, 4) is 11.5 Å². The fourth-order valence-electron chi connectivity index (χ4n) is 3.75. The van der Waals surface area contributed by atoms with Gasteiger partial charge in [-0.15, -0.1) is 0 Å². The van der Waals surface area contributed by atoms with Gasteiger partial charge in [0.15, 0.2) is 0 Å². The monoisotopic (exact) mass is 433 g/mol. The molecule has 6 nitrogen and oxygen atoms in total. The number of hydrogen-bond donors (Lipinski definition) is 1. The first-order chi connectivity index (χ1) is 14.4. The highest BCUT2D eigenvalue weighted by Gasteiger charge is 2.36. The van der Waals surface area contributed by atoms with E-state index < -0.39 is 10.0 Å². The first kappa shape index (κ1) is 22.6. The van der Waals surface area contributed by atoms with Crippen LogP contribution in [-0.4, -0.2) is 41.9 Å². The van der Waals surface area contributed by atoms with Crippen LogP contribution >= 0.6 is 0 Å². The third-order valence-electron chi connectivity index (χ3n) is 5.67. The lowest BCUT2D eigenvalue weighted by atomic mass is 9.74. The van der Waals surface area contributed by atoms with Crippen LogP contribution in [0.3, 0.4) is 0 Å². The van der Waals surface area contributed by atoms with E-state index >= 15 is 0 Å². The average molecular weight is 434 g/mol. The number of methoxy groups -OCH3 is 1. The molecule has 0 unspecified atom stereocenters. The molecule has 1 N–H and O–H groups in total. The van der Waals surface area contributed by atoms with E-state index in [1.165, 1.54) is 0 Å². The molecule has 1 saturated heterocycles. The molecule has 0 spiro atoms. The second-order valence-corrected chi connectivity index (χ2v) is 9.49. The van der Waals surface area contributed by atoms with E-state index in [1.807, 2.05) is 38.1 Å². The van der Waals surface area contributed by atoms with Crippen LogP contribution in [0, 0.1) is 6.92 Å². The van der Waals surface area contributed by atoms with Crippen molar-refractivity contribution < 1.29 is 22.6 Å². The molecule has 30 heavy (non-hydrogen) atoms. The van der Waals surface area contributed by atoms with E-state index in [1.54, 1.807) is 25.3 Å². The fraction of sp³-hybridized carbons (Fsp3) is 0.478. The van der Waals surface area contributed by atoms with Gasteiger partial charge in [0.25, 0.3) is 0 Å². The van der Waals surface area contributed by atoms with Gasteiger partial charge in [-0.3, -0.25) is 0 Å². The van der Waals surface area contributed by atoms with Gasteiger partial charge >= 0.3 is 0 Å². The average Bonchev–Trinajstić information content (AvgIpc) is 2.77. The van der Waals surface area contributed by atoms with E-state index in [-0.39, 0.29) is 10.3 Å². The number of aryl methyl sites for hydroxylation is 1. The highest BCUT2D eigenvalue weighted by atomic mass is 32.2. The van der Waals surface area contributed by atoms with Crippen LogP contribution in [0.5, 0.6) is 11.5 Å². The zero-order valence-electron chi connectivity index (χ0n) is 17.9. The Labute approximate surface area is 179 Å². The molecule has 2 aromatic rings. The predicted molar refractivity (Wildman–Crippen MR) is 117 cm³/mol. The second-order valence-electron chi connectivity index (χ2n) is 7.72. The number of benzene rings is 2. The Balaban J connectivity index is 1.79. The van der Waals surface area contributed by atoms with Gasteiger partial charge in [0.1, 0.15) is 11.5 Å². The lowest BCUT2D eigenvalue weighted by molar-refractivity contribution is 0.0517. The Morgan fingerprint density at radius 1 is 1.10 bits per heavy atom. The van der Waals surface area contributed by atoms with Crippen molar-refractivity contribution in [3.05, 3.63) is 53.6 Å². The number of rotatable bonds is 9. The van der Waals surface area contributed by atoms with Gasteiger partial charge in [-0.05, 0) is 67.6 Å². The van der Waals surface area contributed by atoms with Gasteiger partial charge in [0, 0.05) is 25.2 Å². The molecule has 0 aromatic heterocycles. The molecule has 0 amide bonds. The van der Waals surface area contributed by atoms with Crippen LogP contribution in [0.1, 0.15) is 37.3 Å². The largest absolute Gasteiger partial charge is 0.497 e. The maximum absolute atomic E-state index is 13.0. The lowest BCUT2D eigenvalue weighted by Crippen LogP contribution is -2.44. The molecule has 2 aromatic carbocycles. The first-order valence-electron chi connectivity index (χ1n) is 10.4. The van der Waals surface area contributed by atoms with Crippen molar-refractivity contribution in [3.63, 3.8) is 0 Å². The Morgan fingerprint density at radius 2 is 1.80 bits per heavy atom. The van der Waals surface area contributed by atoms with Crippen LogP contribution in [0.25, 0.3) is 0 Å². The quantitative estimate of drug-likeness (QED) is 0.651. The van der Waals surface area contributed by atoms with Gasteiger partial charge in [0.05, 0.1) is 18.6 Å². The second kappa shape index (κ2) is 9.81. The van der Waals surface area contributed by atoms with Crippen LogP contribution in [0.15, 0.2) is 47.4 Å². The minimum Gasteiger partial charge on any atom is -0.497 e. The fourth-order valence-corrected chi connectivity index (χ4v) is 4.97. The molecule has 0 atom stereocenters. The van der Waals surface area contributed by atoms with E-state index in [4.69, 9.17) is 14.2 Å². The molecule has 164 valence electrons. The number of nitrogens with one attached hydrogen (secondary N) is 1. The molecular formula is C23H31NO5S. The summed E-state index contributed by atoms with van der Waals surface area (Å²) in [5, 5.41) is 0. The van der Waals surface area contributed by atoms with E-state index in [2.05, 4.69) is 4.72 Å². The smallest absolute Gasteiger partial charge is 0.240 e. The number of ether oxygens (including phenoxy) is 3. The van der Waals surface area contributed by atoms with E-state index in [0.717, 1.165) is 41.9 Å². The molecule has 0 radical (unpaired) electrons. The molecule has 7 heteroatoms. The minimum absolute atomic E-state index is 0.251. The van der Waals surface area contributed by atoms with Crippen LogP contribution in [-0.2, 0) is 20.2 Å². The third-order valence-corrected chi connectivity index (χ3v) is 7.07. The van der Waals surface area contributed by atoms with Crippen LogP contribution < -0.4 is 14.2 Å². The Morgan fingerprint density at radius 3 is 2.40 bits per heavy atom. The Kier molecular flexibility index (Phi) is 7.39. The minimum atomic E-state index is -3.65. The van der Waals surface area contributed by atoms with Crippen molar-refractivity contribution in [2.45, 2.75) is 43.4 Å². The Bertz CT molecular complexity index is 935. The summed E-state index contributed by atoms with van der Waals surface area (Å²) in [5.41, 5.74) is 1.59. The summed E-state index contributed by atoms with van der Waals surface area (Å²) < 4.78 is 45.4. The van der Waals surface area contributed by atoms with Gasteiger partial charge in [-0.2, -0.15) is 0 Å². The Hall–Kier alpha value is -2.09. The van der Waals surface area contributed by atoms with Crippen molar-refractivity contribution in [2.75, 3.05) is 33.5 Å². The molecule has 1 fully saturated rings. The molecule has 3 rings (SSSR count). The predicted octanol–water partition coefficient (Wildman–Crippen LogP) is 3.82. The van der Waals surface area contributed by atoms with Crippen molar-refractivity contribution >= 4 is 10.0 Å². The summed E-state index contributed by atoms with van der Waals surface area (Å²) >= 11 is 0. The SMILES string of the molecule is CCCOc1ccc(S(=O)(=O)NCC2(c3ccc(OC)cc3)CCOCC2)cc1C. The summed E-state index contributed by atoms with van der Waals surface area (Å²) in [6.07, 6.45) is 2.41. The third kappa shape index (κ3) is 5.14. The summed E-state index contributed by atoms with van der Waals surface area (Å²) in [7, 11) is -2.02. The van der Waals surface area contributed by atoms with Gasteiger partial charge < -0.3 is 14.2 Å². The molecule has 1 aliphatic rings. The van der Waals surface area contributed by atoms with Gasteiger partial charge in [-0.25, -0.2) is 13.1 Å². The van der Waals surface area contributed by atoms with Gasteiger partial charge in [-0.1, -0.05) is 19.1 Å². The molecule has 0 aliphatic carbocycles. The molecule has 1 aliphatic heterocycles. The van der Waals surface area contributed by atoms with E-state index in [0.29, 0.717) is 26.4 Å². The van der Waals surface area contributed by atoms with Crippen molar-refractivity contribution in [1.82, 2.24) is 4.72 Å². The molecule has 0 bridgehead atoms. The summed E-state index contributed by atoms with van der Waals surface area (Å²) in [6.45, 7) is 6.04. The summed E-state index contributed by atoms with van der Waals surface area (Å²) in [4.78, 5) is 0.251. The molecule has 0 saturated carbocycles. The standard InChI is InChI=1S/C23H31NO5S/c1-4-13-29-22-10-9-21(16-18(22)2)30(25,26)24-17-23(11-14-28-15-12-23)19-5-7-20(27-3)8-6-19/h5-10,16,24H,4,11-15,17H2,1-3H3. The van der Waals surface area contributed by atoms with Crippen LogP contribution in [0.4, 0.5) is 0 Å². The summed E-state index contributed by atoms with van der Waals surface area (Å²) in [5.74, 6) is 1.50. The first-order valence-corrected chi connectivity index (χ1v) is 11.8. The summed E-state index contributed by atoms with van der Waals surface area (Å²) in [6, 6.07) is 12.9. The maximum atomic E-state index is 13.0. The molecule has 1 heterocycles. The van der Waals surface area contributed by atoms with Gasteiger partial charge in [0.2, 0.25) is 10.0 Å². The zero-order chi connectivity index (χ0) is 21.6. The topological polar surface area (TPSA) is 73.9 Å². The lowest BCUT2D eigenvalue weighted by Gasteiger charge is -2.38.